The van der Waals surface area contributed by atoms with E-state index < -0.39 is 6.03 Å². The lowest BCUT2D eigenvalue weighted by atomic mass is 10.5. The molecule has 0 aliphatic heterocycles. The summed E-state index contributed by atoms with van der Waals surface area (Å²) in [6.07, 6.45) is 3.89. The number of nitrogens with two attached hydrogens (primary N) is 2. The highest BCUT2D eigenvalue weighted by atomic mass is 16.7. The van der Waals surface area contributed by atoms with Crippen molar-refractivity contribution >= 4 is 6.03 Å². The second-order valence-corrected chi connectivity index (χ2v) is 2.71. The van der Waals surface area contributed by atoms with Gasteiger partial charge in [0.15, 0.2) is 0 Å². The molecule has 0 aromatic rings. The Morgan fingerprint density at radius 1 is 1.13 bits per heavy atom. The molecule has 2 amide bonds. The highest BCUT2D eigenvalue weighted by Crippen LogP contribution is 2.00. The predicted molar refractivity (Wildman–Crippen MR) is 60.0 cm³/mol. The molecule has 0 spiro atoms. The molecule has 0 rings (SSSR count). The Morgan fingerprint density at radius 3 is 1.67 bits per heavy atom. The van der Waals surface area contributed by atoms with E-state index in [1.807, 2.05) is 13.0 Å². The van der Waals surface area contributed by atoms with Gasteiger partial charge in [-0.3, -0.25) is 0 Å². The molecule has 0 heterocycles. The van der Waals surface area contributed by atoms with Crippen LogP contribution in [0.3, 0.4) is 0 Å². The zero-order valence-electron chi connectivity index (χ0n) is 9.79. The van der Waals surface area contributed by atoms with Gasteiger partial charge in [0, 0.05) is 0 Å². The first-order valence-corrected chi connectivity index (χ1v) is 5.05. The van der Waals surface area contributed by atoms with Crippen LogP contribution < -0.4 is 11.5 Å². The summed E-state index contributed by atoms with van der Waals surface area (Å²) in [6, 6.07) is -0.833. The smallest absolute Gasteiger partial charge is 0.309 e. The van der Waals surface area contributed by atoms with Crippen molar-refractivity contribution in [2.45, 2.75) is 33.6 Å². The summed E-state index contributed by atoms with van der Waals surface area (Å²) in [5.74, 6) is 0.661. The Kier molecular flexibility index (Phi) is 13.5. The lowest BCUT2D eigenvalue weighted by molar-refractivity contribution is 0.0352. The molecule has 0 bridgehead atoms. The number of amides is 2. The highest BCUT2D eigenvalue weighted by molar-refractivity contribution is 5.69. The lowest BCUT2D eigenvalue weighted by Gasteiger charge is -2.09. The fraction of sp³-hybridized carbons (Fsp3) is 0.700. The van der Waals surface area contributed by atoms with Crippen molar-refractivity contribution in [3.8, 4) is 0 Å². The molecule has 0 saturated heterocycles. The van der Waals surface area contributed by atoms with E-state index in [9.17, 15) is 0 Å². The van der Waals surface area contributed by atoms with Gasteiger partial charge in [0.25, 0.3) is 5.95 Å². The van der Waals surface area contributed by atoms with Crippen molar-refractivity contribution in [2.24, 2.45) is 11.5 Å². The minimum Gasteiger partial charge on any atom is -0.466 e. The topological polar surface area (TPSA) is 87.6 Å². The molecular weight excluding hydrogens is 196 g/mol. The van der Waals surface area contributed by atoms with Crippen LogP contribution in [-0.4, -0.2) is 19.2 Å². The summed E-state index contributed by atoms with van der Waals surface area (Å²) in [5.41, 5.74) is 8.50. The average Bonchev–Trinajstić information content (AvgIpc) is 2.17. The van der Waals surface area contributed by atoms with E-state index in [0.717, 1.165) is 26.1 Å². The van der Waals surface area contributed by atoms with Gasteiger partial charge in [0.1, 0.15) is 0 Å². The van der Waals surface area contributed by atoms with Crippen LogP contribution >= 0.6 is 0 Å². The fourth-order valence-corrected chi connectivity index (χ4v) is 0.614. The number of rotatable bonds is 6. The van der Waals surface area contributed by atoms with Gasteiger partial charge in [-0.2, -0.15) is 0 Å². The first kappa shape index (κ1) is 16.1. The molecule has 0 atom stereocenters. The molecular formula is C10H22N2O3. The van der Waals surface area contributed by atoms with Gasteiger partial charge >= 0.3 is 6.03 Å². The number of carbonyl (C=O) groups excluding carboxylic acids is 1. The molecule has 0 radical (unpaired) electrons. The third-order valence-corrected chi connectivity index (χ3v) is 1.13. The van der Waals surface area contributed by atoms with Crippen LogP contribution in [0.4, 0.5) is 4.79 Å². The van der Waals surface area contributed by atoms with E-state index in [1.54, 1.807) is 0 Å². The van der Waals surface area contributed by atoms with Gasteiger partial charge < -0.3 is 20.9 Å². The van der Waals surface area contributed by atoms with E-state index in [1.165, 1.54) is 0 Å². The Balaban J connectivity index is 0. The van der Waals surface area contributed by atoms with Crippen LogP contribution in [0.1, 0.15) is 33.6 Å². The van der Waals surface area contributed by atoms with Crippen LogP contribution in [0, 0.1) is 0 Å². The lowest BCUT2D eigenvalue weighted by Crippen LogP contribution is -2.18. The van der Waals surface area contributed by atoms with Crippen molar-refractivity contribution < 1.29 is 14.3 Å². The Hall–Kier alpha value is -1.39. The quantitative estimate of drug-likeness (QED) is 0.665. The highest BCUT2D eigenvalue weighted by Gasteiger charge is 1.94. The Labute approximate surface area is 91.4 Å². The van der Waals surface area contributed by atoms with Gasteiger partial charge in [-0.05, 0) is 25.8 Å². The van der Waals surface area contributed by atoms with Gasteiger partial charge in [0.2, 0.25) is 0 Å². The SMILES string of the molecule is CC=C(OCCC)OCCC.NC(N)=O. The number of urea groups is 1. The second kappa shape index (κ2) is 12.6. The first-order chi connectivity index (χ1) is 7.08. The second-order valence-electron chi connectivity index (χ2n) is 2.71. The monoisotopic (exact) mass is 218 g/mol. The molecule has 90 valence electrons. The standard InChI is InChI=1S/C9H18O2.CH4N2O/c1-4-7-10-9(6-3)11-8-5-2;2-1(3)4/h6H,4-5,7-8H2,1-3H3;(H4,2,3,4). The van der Waals surface area contributed by atoms with E-state index in [0.29, 0.717) is 5.95 Å². The number of allylic oxidation sites excluding steroid dienone is 1. The van der Waals surface area contributed by atoms with Crippen molar-refractivity contribution in [2.75, 3.05) is 13.2 Å². The third-order valence-electron chi connectivity index (χ3n) is 1.13. The maximum absolute atomic E-state index is 9.00. The van der Waals surface area contributed by atoms with E-state index in [-0.39, 0.29) is 0 Å². The summed E-state index contributed by atoms with van der Waals surface area (Å²) >= 11 is 0. The van der Waals surface area contributed by atoms with Crippen LogP contribution in [0.25, 0.3) is 0 Å². The number of hydrogen-bond donors (Lipinski definition) is 2. The number of ether oxygens (including phenoxy) is 2. The minimum atomic E-state index is -0.833. The molecule has 0 unspecified atom stereocenters. The Bertz CT molecular complexity index is 168. The molecule has 0 aliphatic rings. The van der Waals surface area contributed by atoms with Crippen LogP contribution in [-0.2, 0) is 9.47 Å². The summed E-state index contributed by atoms with van der Waals surface area (Å²) in [5, 5.41) is 0. The normalized spacial score (nSPS) is 8.20. The van der Waals surface area contributed by atoms with Crippen LogP contribution in [0.2, 0.25) is 0 Å². The van der Waals surface area contributed by atoms with Crippen molar-refractivity contribution in [1.29, 1.82) is 0 Å². The van der Waals surface area contributed by atoms with Gasteiger partial charge in [-0.25, -0.2) is 4.79 Å². The van der Waals surface area contributed by atoms with Crippen LogP contribution in [0.15, 0.2) is 12.0 Å². The van der Waals surface area contributed by atoms with E-state index >= 15 is 0 Å². The largest absolute Gasteiger partial charge is 0.466 e. The van der Waals surface area contributed by atoms with Crippen molar-refractivity contribution in [3.05, 3.63) is 12.0 Å². The van der Waals surface area contributed by atoms with Crippen molar-refractivity contribution in [1.82, 2.24) is 0 Å². The first-order valence-electron chi connectivity index (χ1n) is 5.05. The zero-order valence-corrected chi connectivity index (χ0v) is 9.79. The van der Waals surface area contributed by atoms with E-state index in [2.05, 4.69) is 25.3 Å². The fourth-order valence-electron chi connectivity index (χ4n) is 0.614. The maximum atomic E-state index is 9.00. The summed E-state index contributed by atoms with van der Waals surface area (Å²) in [6.45, 7) is 7.55. The Morgan fingerprint density at radius 2 is 1.47 bits per heavy atom. The molecule has 0 aliphatic carbocycles. The van der Waals surface area contributed by atoms with Gasteiger partial charge in [-0.15, -0.1) is 0 Å². The maximum Gasteiger partial charge on any atom is 0.309 e. The summed E-state index contributed by atoms with van der Waals surface area (Å²) in [7, 11) is 0. The molecule has 4 N–H and O–H groups in total. The summed E-state index contributed by atoms with van der Waals surface area (Å²) in [4.78, 5) is 9.00. The molecule has 5 nitrogen and oxygen atoms in total. The molecule has 15 heavy (non-hydrogen) atoms. The van der Waals surface area contributed by atoms with Gasteiger partial charge in [0.05, 0.1) is 13.2 Å². The average molecular weight is 218 g/mol. The third kappa shape index (κ3) is 19.1. The predicted octanol–water partition coefficient (Wildman–Crippen LogP) is 1.72. The number of hydrogen-bond acceptors (Lipinski definition) is 3. The van der Waals surface area contributed by atoms with Gasteiger partial charge in [-0.1, -0.05) is 13.8 Å². The van der Waals surface area contributed by atoms with E-state index in [4.69, 9.17) is 14.3 Å². The molecule has 0 fully saturated rings. The minimum absolute atomic E-state index is 0.661. The molecule has 0 aromatic heterocycles. The number of carbonyl (C=O) groups is 1. The number of primary amides is 2. The van der Waals surface area contributed by atoms with Crippen molar-refractivity contribution in [3.63, 3.8) is 0 Å². The molecule has 0 aromatic carbocycles. The zero-order chi connectivity index (χ0) is 12.1. The molecule has 5 heteroatoms. The van der Waals surface area contributed by atoms with Crippen LogP contribution in [0.5, 0.6) is 0 Å². The summed E-state index contributed by atoms with van der Waals surface area (Å²) < 4.78 is 10.6. The molecule has 0 saturated carbocycles.